The molecule has 0 bridgehead atoms. The molecule has 3 rings (SSSR count). The third-order valence-electron chi connectivity index (χ3n) is 4.57. The van der Waals surface area contributed by atoms with Crippen molar-refractivity contribution in [1.29, 1.82) is 0 Å². The van der Waals surface area contributed by atoms with Gasteiger partial charge in [0.05, 0.1) is 14.2 Å². The molecule has 6 heteroatoms. The van der Waals surface area contributed by atoms with Gasteiger partial charge >= 0.3 is 5.97 Å². The van der Waals surface area contributed by atoms with Gasteiger partial charge in [0.15, 0.2) is 5.69 Å². The van der Waals surface area contributed by atoms with Crippen molar-refractivity contribution in [3.63, 3.8) is 0 Å². The van der Waals surface area contributed by atoms with Gasteiger partial charge in [-0.05, 0) is 44.0 Å². The van der Waals surface area contributed by atoms with Crippen LogP contribution in [0.4, 0.5) is 0 Å². The lowest BCUT2D eigenvalue weighted by molar-refractivity contribution is 0.0586. The standard InChI is InChI=1S/C18H22N2O4/c1-12-15(17(19-24-12)18(21)23-3)11-20-9-5-8-16(20)13-6-4-7-14(10-13)22-2/h4,6-7,10,16H,5,8-9,11H2,1-3H3. The molecule has 0 radical (unpaired) electrons. The molecular formula is C18H22N2O4. The number of rotatable bonds is 5. The molecule has 6 nitrogen and oxygen atoms in total. The summed E-state index contributed by atoms with van der Waals surface area (Å²) in [5.41, 5.74) is 2.29. The number of aromatic nitrogens is 1. The van der Waals surface area contributed by atoms with Gasteiger partial charge in [0, 0.05) is 18.2 Å². The van der Waals surface area contributed by atoms with Gasteiger partial charge in [-0.3, -0.25) is 4.90 Å². The second-order valence-corrected chi connectivity index (χ2v) is 5.96. The van der Waals surface area contributed by atoms with Crippen LogP contribution in [0.25, 0.3) is 0 Å². The van der Waals surface area contributed by atoms with Crippen LogP contribution in [0.5, 0.6) is 5.75 Å². The van der Waals surface area contributed by atoms with Crippen LogP contribution < -0.4 is 4.74 Å². The highest BCUT2D eigenvalue weighted by Crippen LogP contribution is 2.35. The Labute approximate surface area is 141 Å². The Morgan fingerprint density at radius 3 is 3.00 bits per heavy atom. The van der Waals surface area contributed by atoms with Crippen LogP contribution in [0.1, 0.15) is 46.3 Å². The van der Waals surface area contributed by atoms with E-state index in [9.17, 15) is 4.79 Å². The second kappa shape index (κ2) is 7.05. The maximum atomic E-state index is 11.9. The minimum atomic E-state index is -0.459. The highest BCUT2D eigenvalue weighted by molar-refractivity contribution is 5.88. The Morgan fingerprint density at radius 2 is 2.25 bits per heavy atom. The predicted octanol–water partition coefficient (Wildman–Crippen LogP) is 3.12. The molecule has 1 saturated heterocycles. The monoisotopic (exact) mass is 330 g/mol. The highest BCUT2D eigenvalue weighted by Gasteiger charge is 2.30. The molecule has 1 atom stereocenters. The zero-order valence-electron chi connectivity index (χ0n) is 14.2. The average Bonchev–Trinajstić information content (AvgIpc) is 3.22. The van der Waals surface area contributed by atoms with Crippen molar-refractivity contribution in [2.45, 2.75) is 32.4 Å². The molecule has 0 amide bonds. The first-order valence-electron chi connectivity index (χ1n) is 8.05. The molecule has 1 aromatic carbocycles. The van der Waals surface area contributed by atoms with E-state index in [1.807, 2.05) is 19.1 Å². The first-order valence-corrected chi connectivity index (χ1v) is 8.05. The summed E-state index contributed by atoms with van der Waals surface area (Å²) in [5, 5.41) is 3.86. The van der Waals surface area contributed by atoms with Crippen molar-refractivity contribution >= 4 is 5.97 Å². The fraction of sp³-hybridized carbons (Fsp3) is 0.444. The number of likely N-dealkylation sites (tertiary alicyclic amines) is 1. The van der Waals surface area contributed by atoms with Crippen molar-refractivity contribution in [2.24, 2.45) is 0 Å². The van der Waals surface area contributed by atoms with Gasteiger partial charge in [-0.2, -0.15) is 0 Å². The number of nitrogens with zero attached hydrogens (tertiary/aromatic N) is 2. The largest absolute Gasteiger partial charge is 0.497 e. The fourth-order valence-corrected chi connectivity index (χ4v) is 3.28. The molecule has 128 valence electrons. The van der Waals surface area contributed by atoms with E-state index in [2.05, 4.69) is 22.2 Å². The first-order chi connectivity index (χ1) is 11.6. The molecule has 2 heterocycles. The number of hydrogen-bond donors (Lipinski definition) is 0. The normalized spacial score (nSPS) is 17.9. The smallest absolute Gasteiger partial charge is 0.360 e. The Bertz CT molecular complexity index is 726. The highest BCUT2D eigenvalue weighted by atomic mass is 16.5. The Morgan fingerprint density at radius 1 is 1.42 bits per heavy atom. The third-order valence-corrected chi connectivity index (χ3v) is 4.57. The summed E-state index contributed by atoms with van der Waals surface area (Å²) in [5.74, 6) is 1.06. The van der Waals surface area contributed by atoms with Gasteiger partial charge in [-0.1, -0.05) is 17.3 Å². The van der Waals surface area contributed by atoms with Crippen LogP contribution in [0.3, 0.4) is 0 Å². The average molecular weight is 330 g/mol. The number of aryl methyl sites for hydroxylation is 1. The lowest BCUT2D eigenvalue weighted by Gasteiger charge is -2.25. The zero-order chi connectivity index (χ0) is 17.1. The molecule has 0 aliphatic carbocycles. The minimum Gasteiger partial charge on any atom is -0.497 e. The molecule has 1 fully saturated rings. The number of carbonyl (C=O) groups is 1. The van der Waals surface area contributed by atoms with Gasteiger partial charge in [-0.25, -0.2) is 4.79 Å². The van der Waals surface area contributed by atoms with E-state index in [4.69, 9.17) is 14.0 Å². The molecule has 1 aliphatic heterocycles. The van der Waals surface area contributed by atoms with Crippen LogP contribution in [0, 0.1) is 6.92 Å². The Balaban J connectivity index is 1.84. The topological polar surface area (TPSA) is 64.8 Å². The lowest BCUT2D eigenvalue weighted by atomic mass is 10.0. The maximum absolute atomic E-state index is 11.9. The quantitative estimate of drug-likeness (QED) is 0.785. The Kier molecular flexibility index (Phi) is 4.85. The Hall–Kier alpha value is -2.34. The van der Waals surface area contributed by atoms with Crippen LogP contribution in [-0.2, 0) is 11.3 Å². The van der Waals surface area contributed by atoms with E-state index in [1.54, 1.807) is 7.11 Å². The zero-order valence-corrected chi connectivity index (χ0v) is 14.2. The molecule has 1 unspecified atom stereocenters. The number of ether oxygens (including phenoxy) is 2. The van der Waals surface area contributed by atoms with Gasteiger partial charge < -0.3 is 14.0 Å². The summed E-state index contributed by atoms with van der Waals surface area (Å²) in [6.07, 6.45) is 2.19. The molecule has 2 aromatic rings. The van der Waals surface area contributed by atoms with Crippen LogP contribution in [-0.4, -0.2) is 36.8 Å². The first kappa shape index (κ1) is 16.5. The van der Waals surface area contributed by atoms with Crippen molar-refractivity contribution in [3.05, 3.63) is 46.8 Å². The van der Waals surface area contributed by atoms with Crippen molar-refractivity contribution < 1.29 is 18.8 Å². The number of esters is 1. The molecule has 24 heavy (non-hydrogen) atoms. The van der Waals surface area contributed by atoms with Gasteiger partial charge in [-0.15, -0.1) is 0 Å². The van der Waals surface area contributed by atoms with E-state index in [0.29, 0.717) is 18.3 Å². The summed E-state index contributed by atoms with van der Waals surface area (Å²) >= 11 is 0. The number of hydrogen-bond acceptors (Lipinski definition) is 6. The molecule has 0 saturated carbocycles. The number of methoxy groups -OCH3 is 2. The van der Waals surface area contributed by atoms with Gasteiger partial charge in [0.2, 0.25) is 0 Å². The van der Waals surface area contributed by atoms with E-state index < -0.39 is 5.97 Å². The van der Waals surface area contributed by atoms with Crippen LogP contribution in [0.2, 0.25) is 0 Å². The molecular weight excluding hydrogens is 308 g/mol. The van der Waals surface area contributed by atoms with Crippen molar-refractivity contribution in [1.82, 2.24) is 10.1 Å². The SMILES string of the molecule is COC(=O)c1noc(C)c1CN1CCCC1c1cccc(OC)c1. The predicted molar refractivity (Wildman–Crippen MR) is 88.0 cm³/mol. The number of carbonyl (C=O) groups excluding carboxylic acids is 1. The molecule has 0 N–H and O–H groups in total. The van der Waals surface area contributed by atoms with E-state index >= 15 is 0 Å². The van der Waals surface area contributed by atoms with Crippen LogP contribution >= 0.6 is 0 Å². The third kappa shape index (κ3) is 3.14. The fourth-order valence-electron chi connectivity index (χ4n) is 3.28. The summed E-state index contributed by atoms with van der Waals surface area (Å²) in [4.78, 5) is 14.2. The maximum Gasteiger partial charge on any atom is 0.360 e. The van der Waals surface area contributed by atoms with E-state index in [0.717, 1.165) is 30.7 Å². The molecule has 0 spiro atoms. The van der Waals surface area contributed by atoms with Gasteiger partial charge in [0.25, 0.3) is 0 Å². The summed E-state index contributed by atoms with van der Waals surface area (Å²) in [7, 11) is 3.03. The van der Waals surface area contributed by atoms with Crippen LogP contribution in [0.15, 0.2) is 28.8 Å². The van der Waals surface area contributed by atoms with Crippen molar-refractivity contribution in [3.8, 4) is 5.75 Å². The van der Waals surface area contributed by atoms with Gasteiger partial charge in [0.1, 0.15) is 11.5 Å². The van der Waals surface area contributed by atoms with E-state index in [1.165, 1.54) is 12.7 Å². The van der Waals surface area contributed by atoms with E-state index in [-0.39, 0.29) is 5.69 Å². The lowest BCUT2D eigenvalue weighted by Crippen LogP contribution is -2.24. The summed E-state index contributed by atoms with van der Waals surface area (Å²) in [6, 6.07) is 8.44. The summed E-state index contributed by atoms with van der Waals surface area (Å²) < 4.78 is 15.3. The second-order valence-electron chi connectivity index (χ2n) is 5.96. The molecule has 1 aliphatic rings. The summed E-state index contributed by atoms with van der Waals surface area (Å²) in [6.45, 7) is 3.40. The minimum absolute atomic E-state index is 0.270. The van der Waals surface area contributed by atoms with Crippen molar-refractivity contribution in [2.75, 3.05) is 20.8 Å². The molecule has 1 aromatic heterocycles. The number of benzene rings is 1.